The Balaban J connectivity index is 1.88. The highest BCUT2D eigenvalue weighted by Gasteiger charge is 2.39. The van der Waals surface area contributed by atoms with Crippen molar-refractivity contribution >= 4 is 17.6 Å². The number of ketones is 1. The van der Waals surface area contributed by atoms with Gasteiger partial charge in [-0.2, -0.15) is 26.3 Å². The quantitative estimate of drug-likeness (QED) is 0.629. The Morgan fingerprint density at radius 3 is 2.18 bits per heavy atom. The number of Topliss-reactive ketones (excluding diaryl/α,β-unsaturated/α-hetero) is 1. The smallest absolute Gasteiger partial charge is 0.294 e. The number of benzene rings is 1. The van der Waals surface area contributed by atoms with Crippen LogP contribution in [0.5, 0.6) is 0 Å². The van der Waals surface area contributed by atoms with Crippen molar-refractivity contribution in [2.24, 2.45) is 0 Å². The number of nitrogens with zero attached hydrogens (tertiary/aromatic N) is 2. The molecule has 6 nitrogen and oxygen atoms in total. The Morgan fingerprint density at radius 2 is 1.64 bits per heavy atom. The van der Waals surface area contributed by atoms with Crippen molar-refractivity contribution in [3.8, 4) is 0 Å². The lowest BCUT2D eigenvalue weighted by molar-refractivity contribution is -0.141. The monoisotopic (exact) mass is 405 g/mol. The number of carbonyl (C=O) groups excluding carboxylic acids is 2. The summed E-state index contributed by atoms with van der Waals surface area (Å²) in [5.74, 6) is -2.35. The first kappa shape index (κ1) is 19.6. The van der Waals surface area contributed by atoms with Gasteiger partial charge in [0, 0.05) is 18.1 Å². The molecule has 0 saturated heterocycles. The van der Waals surface area contributed by atoms with Gasteiger partial charge in [-0.25, -0.2) is 4.98 Å². The van der Waals surface area contributed by atoms with Crippen molar-refractivity contribution in [2.45, 2.75) is 24.8 Å². The topological polar surface area (TPSA) is 81.1 Å². The van der Waals surface area contributed by atoms with Gasteiger partial charge in [-0.3, -0.25) is 24.3 Å². The highest BCUT2D eigenvalue weighted by Crippen LogP contribution is 2.32. The van der Waals surface area contributed by atoms with Crippen molar-refractivity contribution in [2.75, 3.05) is 5.32 Å². The summed E-state index contributed by atoms with van der Waals surface area (Å²) < 4.78 is 76.5. The molecule has 12 heteroatoms. The maximum atomic E-state index is 12.7. The lowest BCUT2D eigenvalue weighted by Gasteiger charge is -2.12. The molecular formula is C16H9F6N3O3. The fourth-order valence-electron chi connectivity index (χ4n) is 2.66. The maximum Gasteiger partial charge on any atom is 0.433 e. The van der Waals surface area contributed by atoms with Crippen LogP contribution in [0.25, 0.3) is 0 Å². The maximum absolute atomic E-state index is 12.7. The Labute approximate surface area is 151 Å². The van der Waals surface area contributed by atoms with E-state index in [9.17, 15) is 40.7 Å². The van der Waals surface area contributed by atoms with Gasteiger partial charge >= 0.3 is 12.4 Å². The number of fused-ring (bicyclic) bond motifs is 1. The number of aromatic nitrogens is 2. The summed E-state index contributed by atoms with van der Waals surface area (Å²) in [4.78, 5) is 39.5. The first-order valence-electron chi connectivity index (χ1n) is 7.60. The van der Waals surface area contributed by atoms with Gasteiger partial charge < -0.3 is 0 Å². The molecule has 0 spiro atoms. The third-order valence-electron chi connectivity index (χ3n) is 4.00. The van der Waals surface area contributed by atoms with Gasteiger partial charge in [0.05, 0.1) is 5.56 Å². The standard InChI is InChI=1S/C16H9F6N3O3/c17-15(18,19)8-3-1-7(2-4-8)10(26)5-9-13(28)24-14-23-11(16(20,21)22)6-12(27)25(9)14/h1-4,6,9H,5H2,(H,23,24,28). The number of rotatable bonds is 3. The van der Waals surface area contributed by atoms with Crippen LogP contribution in [0, 0.1) is 0 Å². The fourth-order valence-corrected chi connectivity index (χ4v) is 2.66. The van der Waals surface area contributed by atoms with E-state index in [1.165, 1.54) is 0 Å². The van der Waals surface area contributed by atoms with Crippen LogP contribution in [-0.2, 0) is 17.1 Å². The molecule has 0 aliphatic carbocycles. The third-order valence-corrected chi connectivity index (χ3v) is 4.00. The molecule has 1 N–H and O–H groups in total. The van der Waals surface area contributed by atoms with E-state index < -0.39 is 59.3 Å². The number of nitrogens with one attached hydrogen (secondary N) is 1. The minimum atomic E-state index is -4.91. The minimum Gasteiger partial charge on any atom is -0.294 e. The van der Waals surface area contributed by atoms with Crippen molar-refractivity contribution in [1.82, 2.24) is 9.55 Å². The highest BCUT2D eigenvalue weighted by molar-refractivity contribution is 6.03. The van der Waals surface area contributed by atoms with Gasteiger partial charge in [0.25, 0.3) is 5.56 Å². The minimum absolute atomic E-state index is 0.151. The van der Waals surface area contributed by atoms with Gasteiger partial charge in [0.15, 0.2) is 11.5 Å². The Morgan fingerprint density at radius 1 is 1.04 bits per heavy atom. The van der Waals surface area contributed by atoms with Crippen LogP contribution in [0.3, 0.4) is 0 Å². The molecule has 148 valence electrons. The van der Waals surface area contributed by atoms with E-state index >= 15 is 0 Å². The molecule has 2 aromatic rings. The summed E-state index contributed by atoms with van der Waals surface area (Å²) in [5, 5.41) is 2.00. The van der Waals surface area contributed by atoms with Gasteiger partial charge in [-0.15, -0.1) is 0 Å². The average molecular weight is 405 g/mol. The normalized spacial score (nSPS) is 16.6. The second-order valence-electron chi connectivity index (χ2n) is 5.88. The molecule has 1 aromatic heterocycles. The van der Waals surface area contributed by atoms with E-state index in [0.717, 1.165) is 12.1 Å². The Kier molecular flexibility index (Phi) is 4.52. The van der Waals surface area contributed by atoms with Crippen LogP contribution in [0.15, 0.2) is 35.1 Å². The van der Waals surface area contributed by atoms with Crippen LogP contribution < -0.4 is 10.9 Å². The second kappa shape index (κ2) is 6.46. The average Bonchev–Trinajstić information content (AvgIpc) is 2.89. The number of carbonyl (C=O) groups is 2. The van der Waals surface area contributed by atoms with Crippen molar-refractivity contribution < 1.29 is 35.9 Å². The molecule has 1 aliphatic heterocycles. The van der Waals surface area contributed by atoms with Crippen molar-refractivity contribution in [3.05, 3.63) is 57.5 Å². The first-order chi connectivity index (χ1) is 12.9. The van der Waals surface area contributed by atoms with Gasteiger partial charge in [-0.05, 0) is 12.1 Å². The molecular weight excluding hydrogens is 396 g/mol. The molecule has 3 rings (SSSR count). The molecule has 1 aliphatic rings. The summed E-state index contributed by atoms with van der Waals surface area (Å²) in [6.07, 6.45) is -10.1. The van der Waals surface area contributed by atoms with E-state index in [1.54, 1.807) is 0 Å². The third kappa shape index (κ3) is 3.62. The molecule has 1 amide bonds. The summed E-state index contributed by atoms with van der Waals surface area (Å²) in [7, 11) is 0. The summed E-state index contributed by atoms with van der Waals surface area (Å²) in [5.41, 5.74) is -3.82. The predicted molar refractivity (Wildman–Crippen MR) is 81.6 cm³/mol. The van der Waals surface area contributed by atoms with Crippen molar-refractivity contribution in [1.29, 1.82) is 0 Å². The number of hydrogen-bond donors (Lipinski definition) is 1. The summed E-state index contributed by atoms with van der Waals surface area (Å²) >= 11 is 0. The van der Waals surface area contributed by atoms with Crippen LogP contribution in [0.1, 0.15) is 34.1 Å². The number of amides is 1. The van der Waals surface area contributed by atoms with E-state index in [2.05, 4.69) is 4.98 Å². The Hall–Kier alpha value is -3.18. The summed E-state index contributed by atoms with van der Waals surface area (Å²) in [6.45, 7) is 0. The van der Waals surface area contributed by atoms with E-state index in [1.807, 2.05) is 5.32 Å². The molecule has 0 saturated carbocycles. The zero-order valence-corrected chi connectivity index (χ0v) is 13.6. The SMILES string of the molecule is O=C(CC1C(=O)Nc2nc(C(F)(F)F)cc(=O)n21)c1ccc(C(F)(F)F)cc1. The Bertz CT molecular complexity index is 1010. The van der Waals surface area contributed by atoms with E-state index in [-0.39, 0.29) is 11.6 Å². The van der Waals surface area contributed by atoms with Gasteiger partial charge in [0.1, 0.15) is 6.04 Å². The molecule has 28 heavy (non-hydrogen) atoms. The zero-order chi connectivity index (χ0) is 20.9. The number of hydrogen-bond acceptors (Lipinski definition) is 4. The molecule has 2 heterocycles. The van der Waals surface area contributed by atoms with Crippen LogP contribution in [0.4, 0.5) is 32.3 Å². The van der Waals surface area contributed by atoms with Gasteiger partial charge in [-0.1, -0.05) is 12.1 Å². The summed E-state index contributed by atoms with van der Waals surface area (Å²) in [6, 6.07) is 1.91. The van der Waals surface area contributed by atoms with Crippen LogP contribution in [-0.4, -0.2) is 21.2 Å². The molecule has 1 aromatic carbocycles. The zero-order valence-electron chi connectivity index (χ0n) is 13.6. The number of halogens is 6. The van der Waals surface area contributed by atoms with Gasteiger partial charge in [0.2, 0.25) is 11.9 Å². The molecule has 1 atom stereocenters. The highest BCUT2D eigenvalue weighted by atomic mass is 19.4. The fraction of sp³-hybridized carbons (Fsp3) is 0.250. The predicted octanol–water partition coefficient (Wildman–Crippen LogP) is 3.05. The van der Waals surface area contributed by atoms with Crippen LogP contribution >= 0.6 is 0 Å². The first-order valence-corrected chi connectivity index (χ1v) is 7.60. The van der Waals surface area contributed by atoms with E-state index in [0.29, 0.717) is 16.7 Å². The largest absolute Gasteiger partial charge is 0.433 e. The lowest BCUT2D eigenvalue weighted by atomic mass is 10.0. The van der Waals surface area contributed by atoms with Crippen molar-refractivity contribution in [3.63, 3.8) is 0 Å². The number of anilines is 1. The lowest BCUT2D eigenvalue weighted by Crippen LogP contribution is -2.28. The molecule has 0 bridgehead atoms. The molecule has 0 fully saturated rings. The van der Waals surface area contributed by atoms with Crippen LogP contribution in [0.2, 0.25) is 0 Å². The van der Waals surface area contributed by atoms with E-state index in [4.69, 9.17) is 0 Å². The second-order valence-corrected chi connectivity index (χ2v) is 5.88. The molecule has 1 unspecified atom stereocenters. The molecule has 0 radical (unpaired) electrons. The number of alkyl halides is 6.